The van der Waals surface area contributed by atoms with Crippen LogP contribution in [0.1, 0.15) is 6.42 Å². The molecule has 1 atom stereocenters. The normalized spacial score (nSPS) is 28.4. The third-order valence-corrected chi connectivity index (χ3v) is 1.70. The Labute approximate surface area is 64.0 Å². The second-order valence-electron chi connectivity index (χ2n) is 2.45. The van der Waals surface area contributed by atoms with Crippen LogP contribution in [-0.2, 0) is 9.59 Å². The van der Waals surface area contributed by atoms with Gasteiger partial charge in [0.1, 0.15) is 11.7 Å². The largest absolute Gasteiger partial charge is 0.480 e. The molecule has 1 rings (SSSR count). The second kappa shape index (κ2) is 2.70. The van der Waals surface area contributed by atoms with E-state index in [-0.39, 0.29) is 6.42 Å². The van der Waals surface area contributed by atoms with E-state index in [1.807, 2.05) is 0 Å². The van der Waals surface area contributed by atoms with Gasteiger partial charge in [0.2, 0.25) is 0 Å². The zero-order chi connectivity index (χ0) is 8.32. The Hall–Kier alpha value is -1.38. The van der Waals surface area contributed by atoms with Crippen LogP contribution in [0.5, 0.6) is 0 Å². The zero-order valence-electron chi connectivity index (χ0n) is 5.86. The first-order valence-electron chi connectivity index (χ1n) is 3.25. The summed E-state index contributed by atoms with van der Waals surface area (Å²) in [6.45, 7) is 0. The second-order valence-corrected chi connectivity index (χ2v) is 2.45. The highest BCUT2D eigenvalue weighted by Gasteiger charge is 2.35. The van der Waals surface area contributed by atoms with Crippen molar-refractivity contribution in [3.05, 3.63) is 24.3 Å². The minimum atomic E-state index is -1.31. The number of rotatable bonds is 2. The van der Waals surface area contributed by atoms with E-state index in [2.05, 4.69) is 0 Å². The van der Waals surface area contributed by atoms with Gasteiger partial charge in [-0.05, 0) is 6.42 Å². The molecule has 3 heteroatoms. The summed E-state index contributed by atoms with van der Waals surface area (Å²) in [6.07, 6.45) is 7.10. The fraction of sp³-hybridized carbons (Fsp3) is 0.250. The number of carboxylic acid groups (broad SMARTS) is 1. The fourth-order valence-corrected chi connectivity index (χ4v) is 0.933. The number of allylic oxidation sites excluding steroid dienone is 3. The van der Waals surface area contributed by atoms with Gasteiger partial charge < -0.3 is 9.90 Å². The lowest BCUT2D eigenvalue weighted by Crippen LogP contribution is -2.30. The number of aldehydes is 1. The van der Waals surface area contributed by atoms with Crippen molar-refractivity contribution in [2.45, 2.75) is 6.42 Å². The molecule has 1 unspecified atom stereocenters. The van der Waals surface area contributed by atoms with Crippen molar-refractivity contribution in [2.75, 3.05) is 0 Å². The van der Waals surface area contributed by atoms with Gasteiger partial charge in [-0.1, -0.05) is 24.3 Å². The van der Waals surface area contributed by atoms with Crippen LogP contribution in [-0.4, -0.2) is 17.4 Å². The Balaban J connectivity index is 2.94. The smallest absolute Gasteiger partial charge is 0.321 e. The fourth-order valence-electron chi connectivity index (χ4n) is 0.933. The molecule has 0 aromatic carbocycles. The maximum absolute atomic E-state index is 10.6. The molecule has 1 aliphatic carbocycles. The standard InChI is InChI=1S/C8H8O3/c9-6-8(7(10)11)4-2-1-3-5-8/h1-4,6H,5H2,(H,10,11). The molecule has 0 spiro atoms. The molecule has 0 radical (unpaired) electrons. The van der Waals surface area contributed by atoms with Crippen LogP contribution in [0.2, 0.25) is 0 Å². The summed E-state index contributed by atoms with van der Waals surface area (Å²) in [7, 11) is 0. The number of hydrogen-bond acceptors (Lipinski definition) is 2. The lowest BCUT2D eigenvalue weighted by molar-refractivity contribution is -0.148. The Kier molecular flexibility index (Phi) is 1.89. The van der Waals surface area contributed by atoms with Crippen LogP contribution in [0.15, 0.2) is 24.3 Å². The topological polar surface area (TPSA) is 54.4 Å². The average Bonchev–Trinajstić information content (AvgIpc) is 2.05. The monoisotopic (exact) mass is 152 g/mol. The van der Waals surface area contributed by atoms with Crippen molar-refractivity contribution >= 4 is 12.3 Å². The minimum absolute atomic E-state index is 0.252. The van der Waals surface area contributed by atoms with Crippen molar-refractivity contribution in [3.8, 4) is 0 Å². The third-order valence-electron chi connectivity index (χ3n) is 1.70. The first kappa shape index (κ1) is 7.72. The zero-order valence-corrected chi connectivity index (χ0v) is 5.86. The van der Waals surface area contributed by atoms with E-state index in [1.54, 1.807) is 18.2 Å². The highest BCUT2D eigenvalue weighted by molar-refractivity contribution is 5.95. The summed E-state index contributed by atoms with van der Waals surface area (Å²) >= 11 is 0. The molecule has 0 amide bonds. The molecule has 0 saturated carbocycles. The lowest BCUT2D eigenvalue weighted by Gasteiger charge is -2.18. The van der Waals surface area contributed by atoms with E-state index in [9.17, 15) is 9.59 Å². The van der Waals surface area contributed by atoms with Gasteiger partial charge in [-0.2, -0.15) is 0 Å². The van der Waals surface area contributed by atoms with Crippen molar-refractivity contribution in [1.29, 1.82) is 0 Å². The quantitative estimate of drug-likeness (QED) is 0.469. The molecule has 0 bridgehead atoms. The van der Waals surface area contributed by atoms with E-state index in [1.165, 1.54) is 6.08 Å². The van der Waals surface area contributed by atoms with Crippen molar-refractivity contribution in [2.24, 2.45) is 5.41 Å². The van der Waals surface area contributed by atoms with Gasteiger partial charge >= 0.3 is 5.97 Å². The summed E-state index contributed by atoms with van der Waals surface area (Å²) in [5, 5.41) is 8.67. The molecule has 1 aliphatic rings. The maximum atomic E-state index is 10.6. The SMILES string of the molecule is O=CC1(C(=O)O)C=CC=CC1. The Bertz CT molecular complexity index is 240. The number of carbonyl (C=O) groups is 2. The molecule has 0 aromatic heterocycles. The number of aliphatic carboxylic acids is 1. The van der Waals surface area contributed by atoms with Crippen LogP contribution < -0.4 is 0 Å². The Morgan fingerprint density at radius 3 is 2.55 bits per heavy atom. The minimum Gasteiger partial charge on any atom is -0.480 e. The van der Waals surface area contributed by atoms with E-state index >= 15 is 0 Å². The summed E-state index contributed by atoms with van der Waals surface area (Å²) in [5.74, 6) is -1.09. The summed E-state index contributed by atoms with van der Waals surface area (Å²) < 4.78 is 0. The van der Waals surface area contributed by atoms with E-state index in [0.29, 0.717) is 6.29 Å². The molecule has 11 heavy (non-hydrogen) atoms. The van der Waals surface area contributed by atoms with E-state index in [4.69, 9.17) is 5.11 Å². The first-order valence-corrected chi connectivity index (χ1v) is 3.25. The molecule has 58 valence electrons. The summed E-state index contributed by atoms with van der Waals surface area (Å²) in [4.78, 5) is 21.0. The van der Waals surface area contributed by atoms with Gasteiger partial charge in [-0.15, -0.1) is 0 Å². The maximum Gasteiger partial charge on any atom is 0.321 e. The molecule has 0 aromatic rings. The molecule has 0 saturated heterocycles. The van der Waals surface area contributed by atoms with Gasteiger partial charge in [-0.3, -0.25) is 4.79 Å². The predicted octanol–water partition coefficient (Wildman–Crippen LogP) is 0.772. The van der Waals surface area contributed by atoms with Crippen LogP contribution >= 0.6 is 0 Å². The predicted molar refractivity (Wildman–Crippen MR) is 39.0 cm³/mol. The van der Waals surface area contributed by atoms with E-state index in [0.717, 1.165) is 0 Å². The molecule has 0 aliphatic heterocycles. The number of carboxylic acids is 1. The number of carbonyl (C=O) groups excluding carboxylic acids is 1. The summed E-state index contributed by atoms with van der Waals surface area (Å²) in [6, 6.07) is 0. The van der Waals surface area contributed by atoms with Crippen molar-refractivity contribution in [1.82, 2.24) is 0 Å². The summed E-state index contributed by atoms with van der Waals surface area (Å²) in [5.41, 5.74) is -1.31. The highest BCUT2D eigenvalue weighted by atomic mass is 16.4. The van der Waals surface area contributed by atoms with Gasteiger partial charge in [-0.25, -0.2) is 0 Å². The van der Waals surface area contributed by atoms with Crippen LogP contribution in [0, 0.1) is 5.41 Å². The molecule has 1 N–H and O–H groups in total. The van der Waals surface area contributed by atoms with Gasteiger partial charge in [0.15, 0.2) is 0 Å². The van der Waals surface area contributed by atoms with Crippen LogP contribution in [0.25, 0.3) is 0 Å². The Morgan fingerprint density at radius 1 is 1.55 bits per heavy atom. The molecule has 0 heterocycles. The van der Waals surface area contributed by atoms with Gasteiger partial charge in [0.05, 0.1) is 0 Å². The molecular weight excluding hydrogens is 144 g/mol. The lowest BCUT2D eigenvalue weighted by atomic mass is 9.83. The van der Waals surface area contributed by atoms with Gasteiger partial charge in [0, 0.05) is 0 Å². The molecular formula is C8H8O3. The molecule has 0 fully saturated rings. The van der Waals surface area contributed by atoms with Crippen LogP contribution in [0.3, 0.4) is 0 Å². The highest BCUT2D eigenvalue weighted by Crippen LogP contribution is 2.25. The van der Waals surface area contributed by atoms with E-state index < -0.39 is 11.4 Å². The third kappa shape index (κ3) is 1.22. The average molecular weight is 152 g/mol. The molecule has 3 nitrogen and oxygen atoms in total. The van der Waals surface area contributed by atoms with Crippen molar-refractivity contribution in [3.63, 3.8) is 0 Å². The van der Waals surface area contributed by atoms with Crippen LogP contribution in [0.4, 0.5) is 0 Å². The first-order chi connectivity index (χ1) is 5.21. The number of hydrogen-bond donors (Lipinski definition) is 1. The van der Waals surface area contributed by atoms with Gasteiger partial charge in [0.25, 0.3) is 0 Å². The van der Waals surface area contributed by atoms with Crippen molar-refractivity contribution < 1.29 is 14.7 Å². The Morgan fingerprint density at radius 2 is 2.27 bits per heavy atom.